The van der Waals surface area contributed by atoms with Crippen LogP contribution >= 0.6 is 0 Å². The third kappa shape index (κ3) is 1.84. The van der Waals surface area contributed by atoms with E-state index in [9.17, 15) is 0 Å². The molecule has 3 unspecified atom stereocenters. The second-order valence-electron chi connectivity index (χ2n) is 7.92. The Balaban J connectivity index is 1.96. The minimum Gasteiger partial charge on any atom is -0.493 e. The third-order valence-electron chi connectivity index (χ3n) is 5.77. The normalized spacial score (nSPS) is 34.4. The number of allylic oxidation sites excluding steroid dienone is 1. The fourth-order valence-corrected chi connectivity index (χ4v) is 4.53. The van der Waals surface area contributed by atoms with Crippen LogP contribution in [0, 0.1) is 5.92 Å². The molecule has 2 aliphatic heterocycles. The molecule has 0 fully saturated rings. The average Bonchev–Trinajstić information content (AvgIpc) is 2.74. The largest absolute Gasteiger partial charge is 0.493 e. The van der Waals surface area contributed by atoms with Crippen molar-refractivity contribution in [3.8, 4) is 11.5 Å². The number of methoxy groups -OCH3 is 1. The van der Waals surface area contributed by atoms with E-state index in [0.29, 0.717) is 5.92 Å². The smallest absolute Gasteiger partial charge is 0.166 e. The predicted octanol–water partition coefficient (Wildman–Crippen LogP) is 3.27. The van der Waals surface area contributed by atoms with E-state index in [2.05, 4.69) is 45.3 Å². The van der Waals surface area contributed by atoms with E-state index in [0.717, 1.165) is 35.4 Å². The summed E-state index contributed by atoms with van der Waals surface area (Å²) in [6, 6.07) is 4.33. The summed E-state index contributed by atoms with van der Waals surface area (Å²) in [5, 5.41) is 0. The van der Waals surface area contributed by atoms with Gasteiger partial charge in [-0.1, -0.05) is 19.1 Å². The second kappa shape index (κ2) is 4.51. The molecule has 1 aromatic carbocycles. The molecule has 3 heteroatoms. The summed E-state index contributed by atoms with van der Waals surface area (Å²) in [7, 11) is 6.41. The summed E-state index contributed by atoms with van der Waals surface area (Å²) >= 11 is 0. The SMILES string of the molecule is COc1ccc2c3c1OC1CC(C)C=CC31CC[N+](C)(C)C2. The van der Waals surface area contributed by atoms with E-state index in [-0.39, 0.29) is 11.5 Å². The Labute approximate surface area is 133 Å². The Morgan fingerprint density at radius 2 is 2.14 bits per heavy atom. The molecule has 1 aromatic rings. The quantitative estimate of drug-likeness (QED) is 0.585. The molecule has 4 rings (SSSR count). The fourth-order valence-electron chi connectivity index (χ4n) is 4.53. The van der Waals surface area contributed by atoms with E-state index in [4.69, 9.17) is 9.47 Å². The first-order valence-corrected chi connectivity index (χ1v) is 8.33. The van der Waals surface area contributed by atoms with Gasteiger partial charge in [0.2, 0.25) is 0 Å². The molecule has 1 aliphatic carbocycles. The van der Waals surface area contributed by atoms with Gasteiger partial charge in [-0.2, -0.15) is 0 Å². The maximum absolute atomic E-state index is 6.46. The number of nitrogens with zero attached hydrogens (tertiary/aromatic N) is 1. The zero-order valence-corrected chi connectivity index (χ0v) is 14.1. The first-order chi connectivity index (χ1) is 10.5. The van der Waals surface area contributed by atoms with E-state index in [1.165, 1.54) is 17.7 Å². The lowest BCUT2D eigenvalue weighted by Crippen LogP contribution is -2.44. The van der Waals surface area contributed by atoms with Gasteiger partial charge in [0.1, 0.15) is 12.6 Å². The lowest BCUT2D eigenvalue weighted by Gasteiger charge is -2.36. The van der Waals surface area contributed by atoms with Gasteiger partial charge in [-0.05, 0) is 24.5 Å². The van der Waals surface area contributed by atoms with Crippen molar-refractivity contribution < 1.29 is 14.0 Å². The molecule has 118 valence electrons. The van der Waals surface area contributed by atoms with Gasteiger partial charge >= 0.3 is 0 Å². The van der Waals surface area contributed by atoms with Crippen LogP contribution in [0.2, 0.25) is 0 Å². The van der Waals surface area contributed by atoms with Gasteiger partial charge in [-0.3, -0.25) is 0 Å². The summed E-state index contributed by atoms with van der Waals surface area (Å²) in [5.41, 5.74) is 2.89. The molecule has 3 atom stereocenters. The van der Waals surface area contributed by atoms with E-state index < -0.39 is 0 Å². The van der Waals surface area contributed by atoms with Gasteiger partial charge in [-0.25, -0.2) is 0 Å². The highest BCUT2D eigenvalue weighted by Gasteiger charge is 2.53. The van der Waals surface area contributed by atoms with Gasteiger partial charge in [0, 0.05) is 17.5 Å². The number of benzene rings is 1. The van der Waals surface area contributed by atoms with Crippen LogP contribution in [0.3, 0.4) is 0 Å². The van der Waals surface area contributed by atoms with Crippen molar-refractivity contribution >= 4 is 0 Å². The zero-order valence-electron chi connectivity index (χ0n) is 14.1. The van der Waals surface area contributed by atoms with Gasteiger partial charge in [-0.15, -0.1) is 0 Å². The number of hydrogen-bond acceptors (Lipinski definition) is 2. The predicted molar refractivity (Wildman–Crippen MR) is 87.3 cm³/mol. The minimum atomic E-state index is 0.0533. The van der Waals surface area contributed by atoms with E-state index in [1.807, 2.05) is 0 Å². The molecule has 3 aliphatic rings. The number of hydrogen-bond donors (Lipinski definition) is 0. The number of rotatable bonds is 1. The van der Waals surface area contributed by atoms with Crippen LogP contribution in [0.5, 0.6) is 11.5 Å². The van der Waals surface area contributed by atoms with Crippen LogP contribution in [-0.2, 0) is 12.0 Å². The summed E-state index contributed by atoms with van der Waals surface area (Å²) in [5.74, 6) is 2.48. The highest BCUT2D eigenvalue weighted by Crippen LogP contribution is 2.56. The van der Waals surface area contributed by atoms with Crippen LogP contribution in [0.4, 0.5) is 0 Å². The second-order valence-corrected chi connectivity index (χ2v) is 7.92. The van der Waals surface area contributed by atoms with Crippen LogP contribution in [0.25, 0.3) is 0 Å². The maximum Gasteiger partial charge on any atom is 0.166 e. The molecule has 1 spiro atoms. The molecule has 0 amide bonds. The Hall–Kier alpha value is -1.48. The van der Waals surface area contributed by atoms with Crippen molar-refractivity contribution in [3.05, 3.63) is 35.4 Å². The van der Waals surface area contributed by atoms with Crippen LogP contribution in [-0.4, -0.2) is 38.3 Å². The number of quaternary nitrogens is 1. The standard InChI is InChI=1S/C19H26NO2/c1-13-7-8-19-9-10-20(2,3)12-14-5-6-15(21-4)18(17(14)19)22-16(19)11-13/h5-8,13,16H,9-12H2,1-4H3/q+1. The van der Waals surface area contributed by atoms with Gasteiger partial charge < -0.3 is 14.0 Å². The van der Waals surface area contributed by atoms with Crippen LogP contribution in [0.15, 0.2) is 24.3 Å². The molecule has 2 heterocycles. The monoisotopic (exact) mass is 300 g/mol. The zero-order chi connectivity index (χ0) is 15.5. The molecule has 0 bridgehead atoms. The molecule has 22 heavy (non-hydrogen) atoms. The van der Waals surface area contributed by atoms with E-state index in [1.54, 1.807) is 7.11 Å². The Bertz CT molecular complexity index is 649. The molecule has 3 nitrogen and oxygen atoms in total. The molecule has 0 saturated heterocycles. The first-order valence-electron chi connectivity index (χ1n) is 8.33. The topological polar surface area (TPSA) is 18.5 Å². The van der Waals surface area contributed by atoms with Crippen molar-refractivity contribution in [3.63, 3.8) is 0 Å². The van der Waals surface area contributed by atoms with Crippen LogP contribution < -0.4 is 9.47 Å². The summed E-state index contributed by atoms with van der Waals surface area (Å²) < 4.78 is 13.1. The van der Waals surface area contributed by atoms with E-state index >= 15 is 0 Å². The molecule has 0 saturated carbocycles. The van der Waals surface area contributed by atoms with Crippen molar-refractivity contribution in [1.82, 2.24) is 0 Å². The summed E-state index contributed by atoms with van der Waals surface area (Å²) in [6.07, 6.45) is 7.35. The summed E-state index contributed by atoms with van der Waals surface area (Å²) in [6.45, 7) is 4.52. The Kier molecular flexibility index (Phi) is 2.90. The minimum absolute atomic E-state index is 0.0533. The Morgan fingerprint density at radius 1 is 1.32 bits per heavy atom. The average molecular weight is 300 g/mol. The third-order valence-corrected chi connectivity index (χ3v) is 5.77. The molecule has 0 N–H and O–H groups in total. The van der Waals surface area contributed by atoms with Crippen molar-refractivity contribution in [2.24, 2.45) is 5.92 Å². The molecular formula is C19H26NO2+. The molecule has 0 aromatic heterocycles. The van der Waals surface area contributed by atoms with Crippen molar-refractivity contribution in [2.75, 3.05) is 27.7 Å². The lowest BCUT2D eigenvalue weighted by atomic mass is 9.68. The molecular weight excluding hydrogens is 274 g/mol. The Morgan fingerprint density at radius 3 is 2.91 bits per heavy atom. The van der Waals surface area contributed by atoms with Crippen LogP contribution in [0.1, 0.15) is 30.9 Å². The highest BCUT2D eigenvalue weighted by molar-refractivity contribution is 5.60. The van der Waals surface area contributed by atoms with Gasteiger partial charge in [0.25, 0.3) is 0 Å². The van der Waals surface area contributed by atoms with Crippen molar-refractivity contribution in [1.29, 1.82) is 0 Å². The fraction of sp³-hybridized carbons (Fsp3) is 0.579. The lowest BCUT2D eigenvalue weighted by molar-refractivity contribution is -0.903. The maximum atomic E-state index is 6.46. The summed E-state index contributed by atoms with van der Waals surface area (Å²) in [4.78, 5) is 0. The highest BCUT2D eigenvalue weighted by atomic mass is 16.5. The molecule has 0 radical (unpaired) electrons. The van der Waals surface area contributed by atoms with Gasteiger partial charge in [0.15, 0.2) is 11.5 Å². The van der Waals surface area contributed by atoms with Crippen molar-refractivity contribution in [2.45, 2.75) is 37.8 Å². The number of ether oxygens (including phenoxy) is 2. The van der Waals surface area contributed by atoms with Gasteiger partial charge in [0.05, 0.1) is 33.2 Å². The first kappa shape index (κ1) is 14.1.